The molecule has 0 amide bonds. The van der Waals surface area contributed by atoms with Gasteiger partial charge in [0.1, 0.15) is 16.8 Å². The molecule has 0 bridgehead atoms. The molecule has 208 valence electrons. The summed E-state index contributed by atoms with van der Waals surface area (Å²) in [4.78, 5) is 61.8. The summed E-state index contributed by atoms with van der Waals surface area (Å²) in [6.07, 6.45) is 3.24. The molecule has 1 fully saturated rings. The van der Waals surface area contributed by atoms with Crippen molar-refractivity contribution in [2.24, 2.45) is 0 Å². The molecule has 1 N–H and O–H groups in total. The van der Waals surface area contributed by atoms with E-state index in [-0.39, 0.29) is 58.1 Å². The Kier molecular flexibility index (Phi) is 9.65. The highest BCUT2D eigenvalue weighted by molar-refractivity contribution is 6.40. The van der Waals surface area contributed by atoms with Crippen LogP contribution in [0.3, 0.4) is 0 Å². The maximum Gasteiger partial charge on any atom is 0.348 e. The Hall–Kier alpha value is -3.54. The molecule has 2 aromatic rings. The first-order chi connectivity index (χ1) is 18.4. The molecule has 0 saturated carbocycles. The SMILES string of the molecule is CCOC(=O)CCC1(C)OC(=O)C(=C/C=C/c2c(OC(=O)CC)[nH]n(-c3c(Cl)cc(Cl)cc3Cl)c2=O)C(=O)O1. The number of nitrogens with one attached hydrogen (secondary N) is 1. The second-order valence-electron chi connectivity index (χ2n) is 8.20. The predicted molar refractivity (Wildman–Crippen MR) is 141 cm³/mol. The van der Waals surface area contributed by atoms with Crippen LogP contribution in [0.1, 0.15) is 45.6 Å². The minimum Gasteiger partial charge on any atom is -0.466 e. The van der Waals surface area contributed by atoms with E-state index in [4.69, 9.17) is 53.8 Å². The standard InChI is InChI=1S/C25H23Cl3N2O9/c1-4-18(31)37-21-14(22(33)30(29-21)20-16(27)11-13(26)12-17(20)28)7-6-8-15-23(34)38-25(3,39-24(15)35)10-9-19(32)36-5-2/h6-8,11-12,29H,4-5,9-10H2,1-3H3/b7-6+,15-8?. The second kappa shape index (κ2) is 12.5. The van der Waals surface area contributed by atoms with Crippen LogP contribution in [-0.2, 0) is 33.4 Å². The average molecular weight is 602 g/mol. The zero-order valence-corrected chi connectivity index (χ0v) is 23.2. The van der Waals surface area contributed by atoms with E-state index in [1.54, 1.807) is 13.8 Å². The lowest BCUT2D eigenvalue weighted by molar-refractivity contribution is -0.231. The van der Waals surface area contributed by atoms with Crippen molar-refractivity contribution in [1.82, 2.24) is 9.78 Å². The number of aromatic amines is 1. The number of halogens is 3. The topological polar surface area (TPSA) is 143 Å². The number of nitrogens with zero attached hydrogens (tertiary/aromatic N) is 1. The summed E-state index contributed by atoms with van der Waals surface area (Å²) in [5.41, 5.74) is -1.27. The second-order valence-corrected chi connectivity index (χ2v) is 9.45. The van der Waals surface area contributed by atoms with Crippen LogP contribution in [0.25, 0.3) is 11.8 Å². The normalized spacial score (nSPS) is 17.1. The zero-order chi connectivity index (χ0) is 28.9. The Labute approximate surface area is 237 Å². The van der Waals surface area contributed by atoms with E-state index in [0.717, 1.165) is 10.8 Å². The van der Waals surface area contributed by atoms with Crippen molar-refractivity contribution in [1.29, 1.82) is 0 Å². The van der Waals surface area contributed by atoms with Crippen LogP contribution >= 0.6 is 34.8 Å². The lowest BCUT2D eigenvalue weighted by atomic mass is 10.1. The number of hydrogen-bond donors (Lipinski definition) is 1. The molecule has 39 heavy (non-hydrogen) atoms. The Morgan fingerprint density at radius 1 is 1.05 bits per heavy atom. The molecule has 1 saturated heterocycles. The van der Waals surface area contributed by atoms with Gasteiger partial charge in [0.05, 0.1) is 23.1 Å². The highest BCUT2D eigenvalue weighted by atomic mass is 35.5. The van der Waals surface area contributed by atoms with Crippen molar-refractivity contribution in [2.45, 2.75) is 45.8 Å². The van der Waals surface area contributed by atoms with Crippen LogP contribution in [0.2, 0.25) is 15.1 Å². The molecular weight excluding hydrogens is 579 g/mol. The quantitative estimate of drug-likeness (QED) is 0.249. The zero-order valence-electron chi connectivity index (χ0n) is 21.0. The first kappa shape index (κ1) is 30.0. The van der Waals surface area contributed by atoms with Gasteiger partial charge in [-0.25, -0.2) is 14.3 Å². The number of rotatable bonds is 9. The molecular formula is C25H23Cl3N2O9. The molecule has 0 unspecified atom stereocenters. The number of aromatic nitrogens is 2. The Morgan fingerprint density at radius 3 is 2.23 bits per heavy atom. The van der Waals surface area contributed by atoms with Gasteiger partial charge in [0, 0.05) is 24.8 Å². The highest BCUT2D eigenvalue weighted by Gasteiger charge is 2.42. The number of esters is 4. The molecule has 0 atom stereocenters. The fraction of sp³-hybridized carbons (Fsp3) is 0.320. The van der Waals surface area contributed by atoms with Gasteiger partial charge in [0.25, 0.3) is 11.3 Å². The molecule has 0 aliphatic carbocycles. The van der Waals surface area contributed by atoms with E-state index < -0.39 is 40.8 Å². The Balaban J connectivity index is 1.91. The van der Waals surface area contributed by atoms with Crippen LogP contribution in [0.15, 0.2) is 34.7 Å². The van der Waals surface area contributed by atoms with Crippen molar-refractivity contribution in [3.05, 3.63) is 60.8 Å². The largest absolute Gasteiger partial charge is 0.466 e. The van der Waals surface area contributed by atoms with Gasteiger partial charge >= 0.3 is 23.9 Å². The number of H-pyrrole nitrogens is 1. The number of carbonyl (C=O) groups excluding carboxylic acids is 4. The predicted octanol–water partition coefficient (Wildman–Crippen LogP) is 4.54. The number of cyclic esters (lactones) is 2. The molecule has 1 aromatic heterocycles. The molecule has 14 heteroatoms. The molecule has 2 heterocycles. The highest BCUT2D eigenvalue weighted by Crippen LogP contribution is 2.32. The summed E-state index contributed by atoms with van der Waals surface area (Å²) in [5, 5.41) is 2.96. The lowest BCUT2D eigenvalue weighted by Crippen LogP contribution is -2.44. The Bertz CT molecular complexity index is 1400. The van der Waals surface area contributed by atoms with Crippen LogP contribution in [-0.4, -0.2) is 46.1 Å². The van der Waals surface area contributed by atoms with Gasteiger partial charge in [-0.2, -0.15) is 0 Å². The maximum absolute atomic E-state index is 13.2. The minimum absolute atomic E-state index is 0.00941. The van der Waals surface area contributed by atoms with Crippen molar-refractivity contribution < 1.29 is 38.1 Å². The van der Waals surface area contributed by atoms with Crippen LogP contribution in [0.4, 0.5) is 0 Å². The van der Waals surface area contributed by atoms with E-state index in [2.05, 4.69) is 5.10 Å². The third-order valence-corrected chi connectivity index (χ3v) is 6.07. The Morgan fingerprint density at radius 2 is 1.67 bits per heavy atom. The van der Waals surface area contributed by atoms with Crippen molar-refractivity contribution in [3.63, 3.8) is 0 Å². The summed E-state index contributed by atoms with van der Waals surface area (Å²) >= 11 is 18.4. The van der Waals surface area contributed by atoms with E-state index in [0.29, 0.717) is 0 Å². The average Bonchev–Trinajstić information content (AvgIpc) is 3.13. The van der Waals surface area contributed by atoms with Gasteiger partial charge in [-0.3, -0.25) is 19.5 Å². The molecule has 1 aromatic carbocycles. The third kappa shape index (κ3) is 7.11. The first-order valence-corrected chi connectivity index (χ1v) is 12.7. The van der Waals surface area contributed by atoms with E-state index in [1.165, 1.54) is 31.2 Å². The van der Waals surface area contributed by atoms with Crippen molar-refractivity contribution in [3.8, 4) is 11.6 Å². The maximum atomic E-state index is 13.2. The smallest absolute Gasteiger partial charge is 0.348 e. The summed E-state index contributed by atoms with van der Waals surface area (Å²) in [7, 11) is 0. The number of allylic oxidation sites excluding steroid dienone is 2. The molecule has 0 spiro atoms. The van der Waals surface area contributed by atoms with Crippen LogP contribution in [0.5, 0.6) is 5.88 Å². The fourth-order valence-corrected chi connectivity index (χ4v) is 4.38. The van der Waals surface area contributed by atoms with Gasteiger partial charge in [-0.1, -0.05) is 47.8 Å². The van der Waals surface area contributed by atoms with Crippen LogP contribution < -0.4 is 10.3 Å². The van der Waals surface area contributed by atoms with Crippen LogP contribution in [0, 0.1) is 0 Å². The van der Waals surface area contributed by atoms with E-state index in [9.17, 15) is 24.0 Å². The first-order valence-electron chi connectivity index (χ1n) is 11.6. The molecule has 3 rings (SSSR count). The van der Waals surface area contributed by atoms with Crippen molar-refractivity contribution in [2.75, 3.05) is 6.61 Å². The van der Waals surface area contributed by atoms with Gasteiger partial charge in [0.15, 0.2) is 0 Å². The monoisotopic (exact) mass is 600 g/mol. The van der Waals surface area contributed by atoms with Crippen molar-refractivity contribution >= 4 is 64.8 Å². The van der Waals surface area contributed by atoms with E-state index >= 15 is 0 Å². The third-order valence-electron chi connectivity index (χ3n) is 5.27. The number of ether oxygens (including phenoxy) is 4. The molecule has 11 nitrogen and oxygen atoms in total. The summed E-state index contributed by atoms with van der Waals surface area (Å²) < 4.78 is 21.5. The lowest BCUT2D eigenvalue weighted by Gasteiger charge is -2.33. The summed E-state index contributed by atoms with van der Waals surface area (Å²) in [6.45, 7) is 4.73. The van der Waals surface area contributed by atoms with Gasteiger partial charge in [-0.15, -0.1) is 0 Å². The van der Waals surface area contributed by atoms with E-state index in [1.807, 2.05) is 0 Å². The molecule has 1 aliphatic heterocycles. The van der Waals surface area contributed by atoms with Gasteiger partial charge in [0.2, 0.25) is 5.88 Å². The number of carbonyl (C=O) groups is 4. The number of hydrogen-bond acceptors (Lipinski definition) is 9. The molecule has 0 radical (unpaired) electrons. The number of benzene rings is 1. The van der Waals surface area contributed by atoms with Gasteiger partial charge in [-0.05, 0) is 31.2 Å². The minimum atomic E-state index is -1.66. The summed E-state index contributed by atoms with van der Waals surface area (Å²) in [6, 6.07) is 2.74. The van der Waals surface area contributed by atoms with Gasteiger partial charge < -0.3 is 18.9 Å². The molecule has 1 aliphatic rings. The fourth-order valence-electron chi connectivity index (χ4n) is 3.39. The summed E-state index contributed by atoms with van der Waals surface area (Å²) in [5.74, 6) is -5.06.